The van der Waals surface area contributed by atoms with E-state index in [2.05, 4.69) is 9.26 Å². The molecule has 0 saturated carbocycles. The van der Waals surface area contributed by atoms with E-state index < -0.39 is 45.1 Å². The summed E-state index contributed by atoms with van der Waals surface area (Å²) < 4.78 is 19.3. The van der Waals surface area contributed by atoms with Gasteiger partial charge in [0.25, 0.3) is 0 Å². The van der Waals surface area contributed by atoms with Gasteiger partial charge < -0.3 is 34.9 Å². The third-order valence-corrected chi connectivity index (χ3v) is 2.62. The molecule has 96 valence electrons. The summed E-state index contributed by atoms with van der Waals surface area (Å²) in [6, 6.07) is 0. The number of aliphatic hydroxyl groups is 4. The molecule has 1 rings (SSSR count). The number of phosphoric acid groups is 1. The lowest BCUT2D eigenvalue weighted by molar-refractivity contribution is -0.283. The Labute approximate surface area is 90.1 Å². The van der Waals surface area contributed by atoms with Gasteiger partial charge >= 0.3 is 7.82 Å². The summed E-state index contributed by atoms with van der Waals surface area (Å²) in [6.45, 7) is -0.702. The van der Waals surface area contributed by atoms with Crippen LogP contribution in [0.1, 0.15) is 0 Å². The first-order valence-corrected chi connectivity index (χ1v) is 5.83. The van der Waals surface area contributed by atoms with E-state index in [-0.39, 0.29) is 0 Å². The Morgan fingerprint density at radius 3 is 2.19 bits per heavy atom. The van der Waals surface area contributed by atoms with E-state index in [1.54, 1.807) is 0 Å². The third kappa shape index (κ3) is 3.20. The SMILES string of the molecule is O=P(O)(O)O[C@H]1[C@@H](O)[C@@H](CO)OC(O)[C@@H]1O. The lowest BCUT2D eigenvalue weighted by Gasteiger charge is -2.39. The number of hydrogen-bond acceptors (Lipinski definition) is 7. The molecule has 0 aliphatic carbocycles. The molecule has 0 bridgehead atoms. The molecule has 0 spiro atoms. The largest absolute Gasteiger partial charge is 0.470 e. The first kappa shape index (κ1) is 14.0. The van der Waals surface area contributed by atoms with Crippen LogP contribution in [0.4, 0.5) is 0 Å². The fraction of sp³-hybridized carbons (Fsp3) is 1.00. The normalized spacial score (nSPS) is 41.0. The molecule has 9 nitrogen and oxygen atoms in total. The highest BCUT2D eigenvalue weighted by atomic mass is 31.2. The van der Waals surface area contributed by atoms with Crippen LogP contribution >= 0.6 is 7.82 Å². The van der Waals surface area contributed by atoms with Gasteiger partial charge in [0.05, 0.1) is 6.61 Å². The van der Waals surface area contributed by atoms with Gasteiger partial charge in [0.15, 0.2) is 6.29 Å². The summed E-state index contributed by atoms with van der Waals surface area (Å²) >= 11 is 0. The van der Waals surface area contributed by atoms with E-state index in [0.29, 0.717) is 0 Å². The van der Waals surface area contributed by atoms with Crippen LogP contribution in [0.15, 0.2) is 0 Å². The van der Waals surface area contributed by atoms with Crippen molar-refractivity contribution in [1.82, 2.24) is 0 Å². The van der Waals surface area contributed by atoms with E-state index in [0.717, 1.165) is 0 Å². The molecule has 0 radical (unpaired) electrons. The molecule has 1 fully saturated rings. The van der Waals surface area contributed by atoms with Crippen molar-refractivity contribution >= 4 is 7.82 Å². The zero-order valence-electron chi connectivity index (χ0n) is 7.95. The minimum Gasteiger partial charge on any atom is -0.394 e. The molecule has 1 aliphatic heterocycles. The summed E-state index contributed by atoms with van der Waals surface area (Å²) in [5, 5.41) is 36.6. The highest BCUT2D eigenvalue weighted by Crippen LogP contribution is 2.41. The van der Waals surface area contributed by atoms with Gasteiger partial charge in [-0.2, -0.15) is 0 Å². The topological polar surface area (TPSA) is 157 Å². The standard InChI is InChI=1S/C6H13O9P/c7-1-2-3(8)5(15-16(11,12)13)4(9)6(10)14-2/h2-10H,1H2,(H2,11,12,13)/t2-,3+,4-,5+,6?/m1/s1. The summed E-state index contributed by atoms with van der Waals surface area (Å²) in [5.41, 5.74) is 0. The maximum Gasteiger partial charge on any atom is 0.470 e. The number of phosphoric ester groups is 1. The van der Waals surface area contributed by atoms with Gasteiger partial charge in [0, 0.05) is 0 Å². The molecule has 0 aromatic rings. The fourth-order valence-electron chi connectivity index (χ4n) is 1.35. The van der Waals surface area contributed by atoms with Crippen LogP contribution in [0, 0.1) is 0 Å². The van der Waals surface area contributed by atoms with E-state index in [1.807, 2.05) is 0 Å². The average Bonchev–Trinajstić information content (AvgIpc) is 2.17. The smallest absolute Gasteiger partial charge is 0.394 e. The third-order valence-electron chi connectivity index (χ3n) is 2.10. The maximum atomic E-state index is 10.6. The molecule has 10 heteroatoms. The first-order chi connectivity index (χ1) is 7.26. The Balaban J connectivity index is 2.81. The highest BCUT2D eigenvalue weighted by Gasteiger charge is 2.47. The molecule has 0 aromatic carbocycles. The second-order valence-electron chi connectivity index (χ2n) is 3.29. The number of aliphatic hydroxyl groups excluding tert-OH is 4. The van der Waals surface area contributed by atoms with Gasteiger partial charge in [-0.05, 0) is 0 Å². The second-order valence-corrected chi connectivity index (χ2v) is 4.48. The van der Waals surface area contributed by atoms with Crippen molar-refractivity contribution in [3.63, 3.8) is 0 Å². The zero-order chi connectivity index (χ0) is 12.5. The molecule has 1 heterocycles. The highest BCUT2D eigenvalue weighted by molar-refractivity contribution is 7.46. The lowest BCUT2D eigenvalue weighted by atomic mass is 9.99. The van der Waals surface area contributed by atoms with Crippen molar-refractivity contribution in [1.29, 1.82) is 0 Å². The van der Waals surface area contributed by atoms with Gasteiger partial charge in [-0.3, -0.25) is 4.52 Å². The van der Waals surface area contributed by atoms with Gasteiger partial charge in [-0.25, -0.2) is 4.57 Å². The zero-order valence-corrected chi connectivity index (χ0v) is 8.84. The second kappa shape index (κ2) is 5.05. The van der Waals surface area contributed by atoms with Crippen LogP contribution in [0.5, 0.6) is 0 Å². The number of ether oxygens (including phenoxy) is 1. The molecular weight excluding hydrogens is 247 g/mol. The molecule has 1 unspecified atom stereocenters. The van der Waals surface area contributed by atoms with Gasteiger partial charge in [0.1, 0.15) is 24.4 Å². The molecule has 16 heavy (non-hydrogen) atoms. The Morgan fingerprint density at radius 2 is 1.75 bits per heavy atom. The van der Waals surface area contributed by atoms with Crippen LogP contribution in [-0.2, 0) is 13.8 Å². The van der Waals surface area contributed by atoms with Crippen LogP contribution < -0.4 is 0 Å². The van der Waals surface area contributed by atoms with Crippen LogP contribution in [0.2, 0.25) is 0 Å². The predicted octanol–water partition coefficient (Wildman–Crippen LogP) is -3.10. The van der Waals surface area contributed by atoms with Crippen LogP contribution in [-0.4, -0.2) is 67.5 Å². The number of hydrogen-bond donors (Lipinski definition) is 6. The molecule has 6 N–H and O–H groups in total. The quantitative estimate of drug-likeness (QED) is 0.289. The molecule has 1 saturated heterocycles. The average molecular weight is 260 g/mol. The van der Waals surface area contributed by atoms with Crippen molar-refractivity contribution in [2.75, 3.05) is 6.61 Å². The Hall–Kier alpha value is -0.0900. The summed E-state index contributed by atoms with van der Waals surface area (Å²) in [5.74, 6) is 0. The van der Waals surface area contributed by atoms with Crippen molar-refractivity contribution in [3.8, 4) is 0 Å². The number of rotatable bonds is 3. The fourth-order valence-corrected chi connectivity index (χ4v) is 1.92. The summed E-state index contributed by atoms with van der Waals surface area (Å²) in [7, 11) is -4.94. The van der Waals surface area contributed by atoms with Gasteiger partial charge in [-0.15, -0.1) is 0 Å². The molecule has 0 aromatic heterocycles. The van der Waals surface area contributed by atoms with E-state index >= 15 is 0 Å². The van der Waals surface area contributed by atoms with Crippen LogP contribution in [0.3, 0.4) is 0 Å². The Kier molecular flexibility index (Phi) is 4.41. The van der Waals surface area contributed by atoms with Crippen molar-refractivity contribution in [2.45, 2.75) is 30.7 Å². The molecule has 5 atom stereocenters. The van der Waals surface area contributed by atoms with E-state index in [1.165, 1.54) is 0 Å². The van der Waals surface area contributed by atoms with Gasteiger partial charge in [0.2, 0.25) is 0 Å². The summed E-state index contributed by atoms with van der Waals surface area (Å²) in [6.07, 6.45) is -8.35. The Bertz CT molecular complexity index is 277. The minimum absolute atomic E-state index is 0.702. The maximum absolute atomic E-state index is 10.6. The van der Waals surface area contributed by atoms with Crippen molar-refractivity contribution in [3.05, 3.63) is 0 Å². The molecule has 1 aliphatic rings. The minimum atomic E-state index is -4.94. The van der Waals surface area contributed by atoms with E-state index in [9.17, 15) is 14.8 Å². The Morgan fingerprint density at radius 1 is 1.19 bits per heavy atom. The first-order valence-electron chi connectivity index (χ1n) is 4.30. The summed E-state index contributed by atoms with van der Waals surface area (Å²) in [4.78, 5) is 17.1. The lowest BCUT2D eigenvalue weighted by Crippen LogP contribution is -2.59. The molecule has 0 amide bonds. The van der Waals surface area contributed by atoms with Crippen molar-refractivity contribution < 1.29 is 44.0 Å². The molecular formula is C6H13O9P. The van der Waals surface area contributed by atoms with Crippen LogP contribution in [0.25, 0.3) is 0 Å². The predicted molar refractivity (Wildman–Crippen MR) is 46.9 cm³/mol. The monoisotopic (exact) mass is 260 g/mol. The van der Waals surface area contributed by atoms with Crippen molar-refractivity contribution in [2.24, 2.45) is 0 Å². The van der Waals surface area contributed by atoms with Gasteiger partial charge in [-0.1, -0.05) is 0 Å². The van der Waals surface area contributed by atoms with E-state index in [4.69, 9.17) is 20.0 Å².